The third-order valence-electron chi connectivity index (χ3n) is 2.54. The molecule has 0 spiro atoms. The van der Waals surface area contributed by atoms with Crippen molar-refractivity contribution in [1.29, 1.82) is 0 Å². The Labute approximate surface area is 102 Å². The van der Waals surface area contributed by atoms with E-state index in [1.54, 1.807) is 0 Å². The molecule has 1 heterocycles. The summed E-state index contributed by atoms with van der Waals surface area (Å²) in [4.78, 5) is 10.6. The first-order valence-corrected chi connectivity index (χ1v) is 5.37. The number of hydrogen-bond acceptors (Lipinski definition) is 2. The molecule has 2 unspecified atom stereocenters. The van der Waals surface area contributed by atoms with E-state index in [1.807, 2.05) is 0 Å². The molecule has 1 aliphatic heterocycles. The number of halogens is 5. The Kier molecular flexibility index (Phi) is 2.68. The third-order valence-corrected chi connectivity index (χ3v) is 3.46. The molecule has 1 aromatic rings. The molecule has 2 atom stereocenters. The maximum Gasteiger partial charge on any atom is 0.416 e. The number of benzene rings is 1. The molecule has 0 aliphatic carbocycles. The summed E-state index contributed by atoms with van der Waals surface area (Å²) in [5.74, 6) is 0. The standard InChI is InChI=1S/C10H6BrF4NO/c11-9(12)6-2-1-5(10(13,14)15)3-7(6)16-8(9)4-17/h1-4,8,16H. The summed E-state index contributed by atoms with van der Waals surface area (Å²) < 4.78 is 49.1. The number of carbonyl (C=O) groups is 1. The molecule has 0 amide bonds. The highest BCUT2D eigenvalue weighted by Gasteiger charge is 2.46. The predicted octanol–water partition coefficient (Wildman–Crippen LogP) is 3.22. The molecular weight excluding hydrogens is 306 g/mol. The van der Waals surface area contributed by atoms with Gasteiger partial charge in [0.05, 0.1) is 5.56 Å². The highest BCUT2D eigenvalue weighted by atomic mass is 79.9. The van der Waals surface area contributed by atoms with Gasteiger partial charge in [-0.15, -0.1) is 0 Å². The lowest BCUT2D eigenvalue weighted by Crippen LogP contribution is -2.30. The third kappa shape index (κ3) is 1.92. The van der Waals surface area contributed by atoms with Crippen LogP contribution in [-0.2, 0) is 15.5 Å². The Bertz CT molecular complexity index is 472. The fraction of sp³-hybridized carbons (Fsp3) is 0.300. The molecule has 2 rings (SSSR count). The highest BCUT2D eigenvalue weighted by molar-refractivity contribution is 9.09. The fourth-order valence-electron chi connectivity index (χ4n) is 1.68. The van der Waals surface area contributed by atoms with Gasteiger partial charge in [-0.2, -0.15) is 13.2 Å². The van der Waals surface area contributed by atoms with E-state index in [0.717, 1.165) is 18.2 Å². The van der Waals surface area contributed by atoms with Crippen LogP contribution in [0.4, 0.5) is 23.2 Å². The first kappa shape index (κ1) is 12.3. The normalized spacial score (nSPS) is 27.5. The fourth-order valence-corrected chi connectivity index (χ4v) is 2.24. The molecule has 0 aromatic heterocycles. The molecule has 1 aliphatic rings. The van der Waals surface area contributed by atoms with Crippen LogP contribution in [0.25, 0.3) is 0 Å². The minimum Gasteiger partial charge on any atom is -0.372 e. The van der Waals surface area contributed by atoms with Crippen molar-refractivity contribution in [1.82, 2.24) is 0 Å². The molecule has 2 nitrogen and oxygen atoms in total. The molecule has 0 fully saturated rings. The minimum atomic E-state index is -4.50. The van der Waals surface area contributed by atoms with Gasteiger partial charge in [0.2, 0.25) is 4.58 Å². The SMILES string of the molecule is O=CC1Nc2cc(C(F)(F)F)ccc2C1(F)Br. The van der Waals surface area contributed by atoms with Crippen LogP contribution in [-0.4, -0.2) is 12.3 Å². The lowest BCUT2D eigenvalue weighted by molar-refractivity contribution is -0.137. The molecule has 0 saturated carbocycles. The first-order chi connectivity index (χ1) is 7.76. The van der Waals surface area contributed by atoms with Crippen molar-refractivity contribution in [2.45, 2.75) is 16.8 Å². The number of fused-ring (bicyclic) bond motifs is 1. The van der Waals surface area contributed by atoms with E-state index in [1.165, 1.54) is 0 Å². The second-order valence-electron chi connectivity index (χ2n) is 3.64. The summed E-state index contributed by atoms with van der Waals surface area (Å²) in [5.41, 5.74) is -0.933. The molecule has 1 aromatic carbocycles. The van der Waals surface area contributed by atoms with Crippen LogP contribution >= 0.6 is 15.9 Å². The van der Waals surface area contributed by atoms with Gasteiger partial charge in [-0.05, 0) is 28.1 Å². The van der Waals surface area contributed by atoms with E-state index < -0.39 is 22.4 Å². The first-order valence-electron chi connectivity index (χ1n) is 4.58. The topological polar surface area (TPSA) is 29.1 Å². The Balaban J connectivity index is 2.49. The monoisotopic (exact) mass is 311 g/mol. The van der Waals surface area contributed by atoms with E-state index in [2.05, 4.69) is 21.2 Å². The van der Waals surface area contributed by atoms with Gasteiger partial charge in [0.15, 0.2) is 0 Å². The second kappa shape index (κ2) is 3.69. The average Bonchev–Trinajstić information content (AvgIpc) is 2.48. The van der Waals surface area contributed by atoms with E-state index in [9.17, 15) is 22.4 Å². The van der Waals surface area contributed by atoms with Crippen molar-refractivity contribution < 1.29 is 22.4 Å². The highest BCUT2D eigenvalue weighted by Crippen LogP contribution is 2.47. The number of rotatable bonds is 1. The Morgan fingerprint density at radius 3 is 2.59 bits per heavy atom. The second-order valence-corrected chi connectivity index (χ2v) is 4.79. The van der Waals surface area contributed by atoms with Gasteiger partial charge >= 0.3 is 6.18 Å². The number of hydrogen-bond donors (Lipinski definition) is 1. The number of aldehydes is 1. The average molecular weight is 312 g/mol. The Morgan fingerprint density at radius 1 is 1.41 bits per heavy atom. The molecule has 7 heteroatoms. The van der Waals surface area contributed by atoms with Crippen molar-refractivity contribution in [2.75, 3.05) is 5.32 Å². The Morgan fingerprint density at radius 2 is 2.06 bits per heavy atom. The number of nitrogens with one attached hydrogen (secondary N) is 1. The Hall–Kier alpha value is -1.11. The van der Waals surface area contributed by atoms with Crippen LogP contribution in [0.5, 0.6) is 0 Å². The lowest BCUT2D eigenvalue weighted by atomic mass is 10.1. The van der Waals surface area contributed by atoms with Gasteiger partial charge in [-0.3, -0.25) is 0 Å². The van der Waals surface area contributed by atoms with Crippen molar-refractivity contribution in [3.8, 4) is 0 Å². The van der Waals surface area contributed by atoms with Crippen LogP contribution in [0.3, 0.4) is 0 Å². The van der Waals surface area contributed by atoms with E-state index >= 15 is 0 Å². The quantitative estimate of drug-likeness (QED) is 0.490. The largest absolute Gasteiger partial charge is 0.416 e. The van der Waals surface area contributed by atoms with Crippen LogP contribution in [0, 0.1) is 0 Å². The number of anilines is 1. The summed E-state index contributed by atoms with van der Waals surface area (Å²) in [5, 5.41) is 2.40. The molecule has 0 saturated heterocycles. The van der Waals surface area contributed by atoms with Gasteiger partial charge < -0.3 is 10.1 Å². The zero-order valence-electron chi connectivity index (χ0n) is 8.18. The smallest absolute Gasteiger partial charge is 0.372 e. The van der Waals surface area contributed by atoms with Gasteiger partial charge in [0.1, 0.15) is 12.3 Å². The van der Waals surface area contributed by atoms with Gasteiger partial charge in [-0.25, -0.2) is 4.39 Å². The van der Waals surface area contributed by atoms with E-state index in [-0.39, 0.29) is 11.3 Å². The maximum atomic E-state index is 14.0. The van der Waals surface area contributed by atoms with Crippen LogP contribution < -0.4 is 5.32 Å². The summed E-state index contributed by atoms with van der Waals surface area (Å²) in [6.07, 6.45) is -4.19. The van der Waals surface area contributed by atoms with Crippen LogP contribution in [0.1, 0.15) is 11.1 Å². The van der Waals surface area contributed by atoms with Crippen LogP contribution in [0.2, 0.25) is 0 Å². The van der Waals surface area contributed by atoms with Crippen LogP contribution in [0.15, 0.2) is 18.2 Å². The lowest BCUT2D eigenvalue weighted by Gasteiger charge is -2.15. The summed E-state index contributed by atoms with van der Waals surface area (Å²) in [7, 11) is 0. The summed E-state index contributed by atoms with van der Waals surface area (Å²) >= 11 is 2.70. The van der Waals surface area contributed by atoms with Gasteiger partial charge in [-0.1, -0.05) is 6.07 Å². The van der Waals surface area contributed by atoms with E-state index in [0.29, 0.717) is 6.29 Å². The van der Waals surface area contributed by atoms with E-state index in [4.69, 9.17) is 0 Å². The maximum absolute atomic E-state index is 14.0. The molecular formula is C10H6BrF4NO. The molecule has 92 valence electrons. The minimum absolute atomic E-state index is 0.0115. The van der Waals surface area contributed by atoms with Crippen molar-refractivity contribution in [2.24, 2.45) is 0 Å². The van der Waals surface area contributed by atoms with Crippen molar-refractivity contribution in [3.63, 3.8) is 0 Å². The molecule has 17 heavy (non-hydrogen) atoms. The summed E-state index contributed by atoms with van der Waals surface area (Å²) in [6, 6.07) is 1.35. The van der Waals surface area contributed by atoms with Gasteiger partial charge in [0, 0.05) is 11.3 Å². The molecule has 0 bridgehead atoms. The van der Waals surface area contributed by atoms with Crippen molar-refractivity contribution in [3.05, 3.63) is 29.3 Å². The number of alkyl halides is 5. The predicted molar refractivity (Wildman–Crippen MR) is 56.6 cm³/mol. The molecule has 0 radical (unpaired) electrons. The zero-order chi connectivity index (χ0) is 12.8. The zero-order valence-corrected chi connectivity index (χ0v) is 9.77. The van der Waals surface area contributed by atoms with Gasteiger partial charge in [0.25, 0.3) is 0 Å². The number of carbonyl (C=O) groups excluding carboxylic acids is 1. The van der Waals surface area contributed by atoms with Crippen molar-refractivity contribution >= 4 is 27.9 Å². The summed E-state index contributed by atoms with van der Waals surface area (Å²) in [6.45, 7) is 0. The molecule has 1 N–H and O–H groups in total.